The number of benzene rings is 1. The van der Waals surface area contributed by atoms with Crippen molar-refractivity contribution in [3.8, 4) is 0 Å². The monoisotopic (exact) mass is 176 g/mol. The molecule has 0 fully saturated rings. The van der Waals surface area contributed by atoms with Crippen molar-refractivity contribution in [2.75, 3.05) is 14.1 Å². The van der Waals surface area contributed by atoms with Gasteiger partial charge in [0.25, 0.3) is 0 Å². The summed E-state index contributed by atoms with van der Waals surface area (Å²) in [6.45, 7) is 0. The SMILES string of the molecule is C[N+]1(C)N=NC(=O)c2ccccc21. The molecule has 0 aliphatic carbocycles. The van der Waals surface area contributed by atoms with Crippen LogP contribution < -0.4 is 4.59 Å². The van der Waals surface area contributed by atoms with Gasteiger partial charge in [-0.1, -0.05) is 17.2 Å². The summed E-state index contributed by atoms with van der Waals surface area (Å²) in [6, 6.07) is 7.39. The Morgan fingerprint density at radius 1 is 1.23 bits per heavy atom. The Bertz CT molecular complexity index is 396. The van der Waals surface area contributed by atoms with Crippen LogP contribution >= 0.6 is 0 Å². The molecule has 0 saturated heterocycles. The molecule has 1 heterocycles. The Hall–Kier alpha value is -1.55. The first-order valence-electron chi connectivity index (χ1n) is 4.02. The van der Waals surface area contributed by atoms with Gasteiger partial charge in [-0.2, -0.15) is 4.59 Å². The topological polar surface area (TPSA) is 41.8 Å². The number of amides is 1. The van der Waals surface area contributed by atoms with Crippen LogP contribution in [0.5, 0.6) is 0 Å². The van der Waals surface area contributed by atoms with Crippen molar-refractivity contribution in [3.05, 3.63) is 29.8 Å². The smallest absolute Gasteiger partial charge is 0.265 e. The first-order chi connectivity index (χ1) is 6.11. The number of hydrogen-bond acceptors (Lipinski definition) is 2. The fourth-order valence-electron chi connectivity index (χ4n) is 1.39. The van der Waals surface area contributed by atoms with Crippen LogP contribution in [-0.4, -0.2) is 20.0 Å². The maximum Gasteiger partial charge on any atom is 0.306 e. The molecule has 0 N–H and O–H groups in total. The van der Waals surface area contributed by atoms with Gasteiger partial charge >= 0.3 is 5.91 Å². The van der Waals surface area contributed by atoms with E-state index in [0.29, 0.717) is 5.56 Å². The van der Waals surface area contributed by atoms with Gasteiger partial charge in [0, 0.05) is 11.3 Å². The third-order valence-electron chi connectivity index (χ3n) is 2.08. The van der Waals surface area contributed by atoms with Gasteiger partial charge in [0.1, 0.15) is 5.56 Å². The van der Waals surface area contributed by atoms with Gasteiger partial charge in [-0.25, -0.2) is 0 Å². The molecular weight excluding hydrogens is 166 g/mol. The van der Waals surface area contributed by atoms with Crippen LogP contribution in [0.15, 0.2) is 34.6 Å². The van der Waals surface area contributed by atoms with Crippen LogP contribution in [0.2, 0.25) is 0 Å². The van der Waals surface area contributed by atoms with E-state index in [2.05, 4.69) is 10.3 Å². The maximum absolute atomic E-state index is 11.3. The first kappa shape index (κ1) is 8.07. The number of quaternary nitrogens is 1. The predicted molar refractivity (Wildman–Crippen MR) is 49.3 cm³/mol. The molecule has 0 radical (unpaired) electrons. The largest absolute Gasteiger partial charge is 0.306 e. The zero-order chi connectivity index (χ0) is 9.47. The van der Waals surface area contributed by atoms with Gasteiger partial charge in [0.15, 0.2) is 5.69 Å². The van der Waals surface area contributed by atoms with Crippen LogP contribution in [0.3, 0.4) is 0 Å². The molecule has 1 amide bonds. The highest BCUT2D eigenvalue weighted by Crippen LogP contribution is 2.28. The van der Waals surface area contributed by atoms with Gasteiger partial charge in [-0.15, -0.1) is 0 Å². The van der Waals surface area contributed by atoms with E-state index in [4.69, 9.17) is 0 Å². The number of para-hydroxylation sites is 1. The highest BCUT2D eigenvalue weighted by Gasteiger charge is 2.30. The quantitative estimate of drug-likeness (QED) is 0.555. The van der Waals surface area contributed by atoms with Crippen LogP contribution in [0.25, 0.3) is 0 Å². The highest BCUT2D eigenvalue weighted by molar-refractivity contribution is 6.00. The lowest BCUT2D eigenvalue weighted by Crippen LogP contribution is -2.37. The van der Waals surface area contributed by atoms with E-state index in [0.717, 1.165) is 5.69 Å². The summed E-state index contributed by atoms with van der Waals surface area (Å²) in [5, 5.41) is 7.48. The average Bonchev–Trinajstić information content (AvgIpc) is 2.13. The summed E-state index contributed by atoms with van der Waals surface area (Å²) in [7, 11) is 3.77. The van der Waals surface area contributed by atoms with Crippen molar-refractivity contribution in [2.24, 2.45) is 10.3 Å². The van der Waals surface area contributed by atoms with Crippen LogP contribution in [0.1, 0.15) is 10.4 Å². The van der Waals surface area contributed by atoms with E-state index in [1.165, 1.54) is 0 Å². The minimum absolute atomic E-state index is 0.256. The standard InChI is InChI=1S/C9H10N3O/c1-12(2)8-6-4-3-5-7(8)9(13)10-11-12/h3-6H,1-2H3/q+1. The molecule has 0 unspecified atom stereocenters. The molecule has 0 saturated carbocycles. The van der Waals surface area contributed by atoms with E-state index in [1.807, 2.05) is 32.3 Å². The van der Waals surface area contributed by atoms with Crippen LogP contribution in [0.4, 0.5) is 5.69 Å². The molecule has 0 atom stereocenters. The lowest BCUT2D eigenvalue weighted by atomic mass is 10.1. The third-order valence-corrected chi connectivity index (χ3v) is 2.08. The summed E-state index contributed by atoms with van der Waals surface area (Å²) < 4.78 is 0.280. The molecule has 0 bridgehead atoms. The zero-order valence-corrected chi connectivity index (χ0v) is 7.56. The number of nitrogens with zero attached hydrogens (tertiary/aromatic N) is 3. The number of hydrogen-bond donors (Lipinski definition) is 0. The molecule has 0 spiro atoms. The third kappa shape index (κ3) is 1.15. The Kier molecular flexibility index (Phi) is 1.53. The van der Waals surface area contributed by atoms with E-state index in [-0.39, 0.29) is 10.5 Å². The van der Waals surface area contributed by atoms with Crippen LogP contribution in [0, 0.1) is 0 Å². The van der Waals surface area contributed by atoms with E-state index in [9.17, 15) is 4.79 Å². The van der Waals surface area contributed by atoms with Crippen molar-refractivity contribution >= 4 is 11.6 Å². The summed E-state index contributed by atoms with van der Waals surface area (Å²) in [4.78, 5) is 11.3. The molecule has 0 aromatic heterocycles. The molecule has 1 aliphatic heterocycles. The Morgan fingerprint density at radius 3 is 2.62 bits per heavy atom. The number of rotatable bonds is 0. The highest BCUT2D eigenvalue weighted by atomic mass is 16.2. The molecule has 1 aromatic rings. The van der Waals surface area contributed by atoms with Crippen molar-refractivity contribution in [1.29, 1.82) is 0 Å². The van der Waals surface area contributed by atoms with Crippen molar-refractivity contribution in [2.45, 2.75) is 0 Å². The van der Waals surface area contributed by atoms with E-state index < -0.39 is 0 Å². The van der Waals surface area contributed by atoms with Crippen molar-refractivity contribution in [3.63, 3.8) is 0 Å². The lowest BCUT2D eigenvalue weighted by Gasteiger charge is -2.23. The zero-order valence-electron chi connectivity index (χ0n) is 7.56. The Labute approximate surface area is 76.1 Å². The maximum atomic E-state index is 11.3. The second-order valence-electron chi connectivity index (χ2n) is 3.41. The summed E-state index contributed by atoms with van der Waals surface area (Å²) in [5.41, 5.74) is 1.53. The van der Waals surface area contributed by atoms with Crippen LogP contribution in [-0.2, 0) is 0 Å². The van der Waals surface area contributed by atoms with Crippen molar-refractivity contribution < 1.29 is 4.79 Å². The second kappa shape index (κ2) is 2.47. The predicted octanol–water partition coefficient (Wildman–Crippen LogP) is 1.77. The molecule has 4 nitrogen and oxygen atoms in total. The lowest BCUT2D eigenvalue weighted by molar-refractivity contribution is 0.0972. The van der Waals surface area contributed by atoms with Gasteiger partial charge in [0.05, 0.1) is 14.1 Å². The molecular formula is C9H10N3O+. The number of carbonyl (C=O) groups is 1. The molecule has 2 rings (SSSR count). The molecule has 1 aliphatic rings. The molecule has 1 aromatic carbocycles. The number of fused-ring (bicyclic) bond motifs is 1. The van der Waals surface area contributed by atoms with Gasteiger partial charge in [-0.05, 0) is 6.07 Å². The normalized spacial score (nSPS) is 18.5. The van der Waals surface area contributed by atoms with E-state index >= 15 is 0 Å². The summed E-state index contributed by atoms with van der Waals surface area (Å²) in [6.07, 6.45) is 0. The summed E-state index contributed by atoms with van der Waals surface area (Å²) in [5.74, 6) is -0.256. The van der Waals surface area contributed by atoms with Gasteiger partial charge in [0.2, 0.25) is 0 Å². The van der Waals surface area contributed by atoms with Gasteiger partial charge < -0.3 is 0 Å². The first-order valence-corrected chi connectivity index (χ1v) is 4.02. The minimum Gasteiger partial charge on any atom is -0.265 e. The van der Waals surface area contributed by atoms with Crippen molar-refractivity contribution in [1.82, 2.24) is 4.59 Å². The fourth-order valence-corrected chi connectivity index (χ4v) is 1.39. The molecule has 4 heteroatoms. The summed E-state index contributed by atoms with van der Waals surface area (Å²) >= 11 is 0. The minimum atomic E-state index is -0.256. The van der Waals surface area contributed by atoms with Gasteiger partial charge in [-0.3, -0.25) is 4.79 Å². The molecule has 13 heavy (non-hydrogen) atoms. The second-order valence-corrected chi connectivity index (χ2v) is 3.41. The molecule has 66 valence electrons. The van der Waals surface area contributed by atoms with E-state index in [1.54, 1.807) is 6.07 Å². The number of carbonyl (C=O) groups excluding carboxylic acids is 1. The average molecular weight is 176 g/mol. The Balaban J connectivity index is 2.68. The fraction of sp³-hybridized carbons (Fsp3) is 0.222. The Morgan fingerprint density at radius 2 is 1.92 bits per heavy atom.